The maximum absolute atomic E-state index is 13.4. The fourth-order valence-corrected chi connectivity index (χ4v) is 4.59. The first-order valence-corrected chi connectivity index (χ1v) is 10.6. The SMILES string of the molecule is Cc1ccc(C(=O)N2CC3(CCOCC3)CC2CNC(=O)c2cncnc2)cc1[N+](=O)[O-]. The van der Waals surface area contributed by atoms with Crippen LogP contribution in [0.1, 0.15) is 45.5 Å². The maximum atomic E-state index is 13.4. The zero-order chi connectivity index (χ0) is 22.7. The number of hydrogen-bond acceptors (Lipinski definition) is 7. The van der Waals surface area contributed by atoms with Gasteiger partial charge >= 0.3 is 0 Å². The molecule has 2 saturated heterocycles. The minimum absolute atomic E-state index is 0.0736. The molecule has 2 aliphatic rings. The highest BCUT2D eigenvalue weighted by Crippen LogP contribution is 2.43. The van der Waals surface area contributed by atoms with Crippen LogP contribution in [0.3, 0.4) is 0 Å². The van der Waals surface area contributed by atoms with Crippen LogP contribution in [0.15, 0.2) is 36.9 Å². The van der Waals surface area contributed by atoms with E-state index in [0.29, 0.717) is 30.9 Å². The average Bonchev–Trinajstić information content (AvgIpc) is 3.15. The molecule has 32 heavy (non-hydrogen) atoms. The minimum Gasteiger partial charge on any atom is -0.381 e. The lowest BCUT2D eigenvalue weighted by Crippen LogP contribution is -2.43. The van der Waals surface area contributed by atoms with Gasteiger partial charge < -0.3 is 15.0 Å². The smallest absolute Gasteiger partial charge is 0.273 e. The first-order valence-electron chi connectivity index (χ1n) is 10.6. The van der Waals surface area contributed by atoms with Crippen molar-refractivity contribution in [1.82, 2.24) is 20.2 Å². The molecule has 2 aromatic rings. The van der Waals surface area contributed by atoms with E-state index >= 15 is 0 Å². The Morgan fingerprint density at radius 1 is 1.25 bits per heavy atom. The van der Waals surface area contributed by atoms with Gasteiger partial charge in [-0.2, -0.15) is 0 Å². The van der Waals surface area contributed by atoms with E-state index in [1.807, 2.05) is 0 Å². The number of nitrogens with zero attached hydrogens (tertiary/aromatic N) is 4. The number of aryl methyl sites for hydroxylation is 1. The van der Waals surface area contributed by atoms with Gasteiger partial charge in [0.05, 0.1) is 10.5 Å². The third-order valence-electron chi connectivity index (χ3n) is 6.40. The summed E-state index contributed by atoms with van der Waals surface area (Å²) in [5, 5.41) is 14.2. The van der Waals surface area contributed by atoms with Crippen LogP contribution in [-0.4, -0.2) is 64.0 Å². The van der Waals surface area contributed by atoms with E-state index in [-0.39, 0.29) is 41.1 Å². The highest BCUT2D eigenvalue weighted by Gasteiger charge is 2.46. The van der Waals surface area contributed by atoms with Crippen molar-refractivity contribution in [3.8, 4) is 0 Å². The number of ether oxygens (including phenoxy) is 1. The Labute approximate surface area is 185 Å². The second kappa shape index (κ2) is 8.99. The van der Waals surface area contributed by atoms with Crippen molar-refractivity contribution in [2.45, 2.75) is 32.2 Å². The van der Waals surface area contributed by atoms with Gasteiger partial charge in [-0.05, 0) is 37.7 Å². The van der Waals surface area contributed by atoms with E-state index in [4.69, 9.17) is 4.74 Å². The molecule has 3 heterocycles. The topological polar surface area (TPSA) is 128 Å². The minimum atomic E-state index is -0.476. The van der Waals surface area contributed by atoms with Gasteiger partial charge in [0, 0.05) is 61.9 Å². The van der Waals surface area contributed by atoms with E-state index in [9.17, 15) is 19.7 Å². The maximum Gasteiger partial charge on any atom is 0.273 e. The van der Waals surface area contributed by atoms with Crippen LogP contribution in [-0.2, 0) is 4.74 Å². The number of benzene rings is 1. The molecule has 168 valence electrons. The van der Waals surface area contributed by atoms with Crippen molar-refractivity contribution in [1.29, 1.82) is 0 Å². The number of carbonyl (C=O) groups excluding carboxylic acids is 2. The molecule has 2 fully saturated rings. The van der Waals surface area contributed by atoms with E-state index in [0.717, 1.165) is 19.3 Å². The number of nitrogens with one attached hydrogen (secondary N) is 1. The summed E-state index contributed by atoms with van der Waals surface area (Å²) >= 11 is 0. The van der Waals surface area contributed by atoms with E-state index < -0.39 is 4.92 Å². The Morgan fingerprint density at radius 2 is 1.97 bits per heavy atom. The van der Waals surface area contributed by atoms with Crippen molar-refractivity contribution in [3.05, 3.63) is 63.7 Å². The van der Waals surface area contributed by atoms with Gasteiger partial charge in [-0.15, -0.1) is 0 Å². The molecule has 0 radical (unpaired) electrons. The fourth-order valence-electron chi connectivity index (χ4n) is 4.59. The quantitative estimate of drug-likeness (QED) is 0.558. The van der Waals surface area contributed by atoms with Crippen LogP contribution >= 0.6 is 0 Å². The van der Waals surface area contributed by atoms with Crippen LogP contribution in [0.2, 0.25) is 0 Å². The molecular weight excluding hydrogens is 414 g/mol. The molecule has 1 unspecified atom stereocenters. The lowest BCUT2D eigenvalue weighted by atomic mass is 9.78. The molecule has 10 nitrogen and oxygen atoms in total. The van der Waals surface area contributed by atoms with Gasteiger partial charge in [-0.3, -0.25) is 19.7 Å². The van der Waals surface area contributed by atoms with Gasteiger partial charge in [0.25, 0.3) is 17.5 Å². The summed E-state index contributed by atoms with van der Waals surface area (Å²) < 4.78 is 5.52. The number of amides is 2. The predicted molar refractivity (Wildman–Crippen MR) is 114 cm³/mol. The molecule has 0 aliphatic carbocycles. The van der Waals surface area contributed by atoms with Gasteiger partial charge in [0.2, 0.25) is 0 Å². The Morgan fingerprint density at radius 3 is 2.66 bits per heavy atom. The molecule has 1 aromatic carbocycles. The van der Waals surface area contributed by atoms with Gasteiger partial charge in [0.15, 0.2) is 0 Å². The molecule has 1 N–H and O–H groups in total. The fraction of sp³-hybridized carbons (Fsp3) is 0.455. The second-order valence-corrected chi connectivity index (χ2v) is 8.50. The Balaban J connectivity index is 1.55. The Hall–Kier alpha value is -3.40. The van der Waals surface area contributed by atoms with Crippen molar-refractivity contribution >= 4 is 17.5 Å². The average molecular weight is 439 g/mol. The number of aromatic nitrogens is 2. The summed E-state index contributed by atoms with van der Waals surface area (Å²) in [6, 6.07) is 4.33. The molecule has 0 bridgehead atoms. The lowest BCUT2D eigenvalue weighted by Gasteiger charge is -2.33. The van der Waals surface area contributed by atoms with E-state index in [2.05, 4.69) is 15.3 Å². The highest BCUT2D eigenvalue weighted by atomic mass is 16.6. The van der Waals surface area contributed by atoms with Crippen molar-refractivity contribution in [2.24, 2.45) is 5.41 Å². The highest BCUT2D eigenvalue weighted by molar-refractivity contribution is 5.96. The predicted octanol–water partition coefficient (Wildman–Crippen LogP) is 2.13. The van der Waals surface area contributed by atoms with Crippen LogP contribution in [0.25, 0.3) is 0 Å². The molecule has 1 aromatic heterocycles. The van der Waals surface area contributed by atoms with Gasteiger partial charge in [0.1, 0.15) is 6.33 Å². The van der Waals surface area contributed by atoms with Gasteiger partial charge in [-0.1, -0.05) is 6.07 Å². The van der Waals surface area contributed by atoms with Gasteiger partial charge in [-0.25, -0.2) is 9.97 Å². The molecule has 2 amide bonds. The monoisotopic (exact) mass is 439 g/mol. The van der Waals surface area contributed by atoms with E-state index in [1.165, 1.54) is 24.8 Å². The Kier molecular flexibility index (Phi) is 6.13. The van der Waals surface area contributed by atoms with Crippen molar-refractivity contribution in [3.63, 3.8) is 0 Å². The zero-order valence-electron chi connectivity index (χ0n) is 17.8. The zero-order valence-corrected chi connectivity index (χ0v) is 17.8. The van der Waals surface area contributed by atoms with Crippen LogP contribution < -0.4 is 5.32 Å². The summed E-state index contributed by atoms with van der Waals surface area (Å²) in [6.45, 7) is 3.73. The summed E-state index contributed by atoms with van der Waals surface area (Å²) in [5.74, 6) is -0.573. The number of likely N-dealkylation sites (tertiary alicyclic amines) is 1. The number of rotatable bonds is 5. The Bertz CT molecular complexity index is 1020. The summed E-state index contributed by atoms with van der Waals surface area (Å²) in [4.78, 5) is 46.2. The van der Waals surface area contributed by atoms with Crippen molar-refractivity contribution < 1.29 is 19.2 Å². The molecular formula is C22H25N5O5. The largest absolute Gasteiger partial charge is 0.381 e. The van der Waals surface area contributed by atoms with Crippen LogP contribution in [0.5, 0.6) is 0 Å². The number of nitro benzene ring substituents is 1. The molecule has 4 rings (SSSR count). The lowest BCUT2D eigenvalue weighted by molar-refractivity contribution is -0.385. The molecule has 1 spiro atoms. The third-order valence-corrected chi connectivity index (χ3v) is 6.40. The molecule has 10 heteroatoms. The molecule has 2 aliphatic heterocycles. The summed E-state index contributed by atoms with van der Waals surface area (Å²) in [6.07, 6.45) is 6.63. The summed E-state index contributed by atoms with van der Waals surface area (Å²) in [7, 11) is 0. The standard InChI is InChI=1S/C22H25N5O5/c1-15-2-3-16(8-19(15)27(30)31)21(29)26-13-22(4-6-32-7-5-22)9-18(26)12-25-20(28)17-10-23-14-24-11-17/h2-3,8,10-11,14,18H,4-7,9,12-13H2,1H3,(H,25,28). The number of carbonyl (C=O) groups is 2. The summed E-state index contributed by atoms with van der Waals surface area (Å²) in [5.41, 5.74) is 0.973. The van der Waals surface area contributed by atoms with Crippen molar-refractivity contribution in [2.75, 3.05) is 26.3 Å². The second-order valence-electron chi connectivity index (χ2n) is 8.50. The normalized spacial score (nSPS) is 19.7. The van der Waals surface area contributed by atoms with Crippen LogP contribution in [0.4, 0.5) is 5.69 Å². The molecule has 0 saturated carbocycles. The molecule has 1 atom stereocenters. The first-order chi connectivity index (χ1) is 15.4. The van der Waals surface area contributed by atoms with E-state index in [1.54, 1.807) is 24.0 Å². The number of nitro groups is 1. The third kappa shape index (κ3) is 4.45. The van der Waals surface area contributed by atoms with Crippen LogP contribution in [0, 0.1) is 22.5 Å². The first kappa shape index (κ1) is 21.8. The number of hydrogen-bond donors (Lipinski definition) is 1.